The molecule has 1 atom stereocenters. The Labute approximate surface area is 114 Å². The molecule has 0 saturated heterocycles. The predicted octanol–water partition coefficient (Wildman–Crippen LogP) is 3.06. The summed E-state index contributed by atoms with van der Waals surface area (Å²) >= 11 is 1.57. The average molecular weight is 268 g/mol. The van der Waals surface area contributed by atoms with Crippen LogP contribution in [0.25, 0.3) is 0 Å². The van der Waals surface area contributed by atoms with Crippen molar-refractivity contribution in [3.8, 4) is 0 Å². The van der Waals surface area contributed by atoms with E-state index in [9.17, 15) is 4.79 Å². The third-order valence-corrected chi connectivity index (χ3v) is 3.19. The normalized spacial score (nSPS) is 14.6. The smallest absolute Gasteiger partial charge is 0.155 e. The first kappa shape index (κ1) is 15.3. The molecule has 0 spiro atoms. The number of ketones is 1. The highest BCUT2D eigenvalue weighted by atomic mass is 32.1. The fraction of sp³-hybridized carbons (Fsp3) is 0.714. The second-order valence-electron chi connectivity index (χ2n) is 6.75. The number of hydrogen-bond donors (Lipinski definition) is 1. The first-order valence-electron chi connectivity index (χ1n) is 6.29. The maximum Gasteiger partial charge on any atom is 0.155 e. The molecule has 4 heteroatoms. The molecule has 1 aromatic heterocycles. The van der Waals surface area contributed by atoms with E-state index in [-0.39, 0.29) is 22.8 Å². The summed E-state index contributed by atoms with van der Waals surface area (Å²) in [5.41, 5.74) is 2.38. The lowest BCUT2D eigenvalue weighted by Crippen LogP contribution is -2.51. The number of nitrogens with one attached hydrogen (secondary N) is 1. The minimum Gasteiger partial charge on any atom is -0.302 e. The quantitative estimate of drug-likeness (QED) is 0.912. The molecule has 0 amide bonds. The third-order valence-electron chi connectivity index (χ3n) is 2.56. The van der Waals surface area contributed by atoms with E-state index >= 15 is 0 Å². The van der Waals surface area contributed by atoms with Crippen molar-refractivity contribution in [1.29, 1.82) is 0 Å². The summed E-state index contributed by atoms with van der Waals surface area (Å²) in [7, 11) is 0. The van der Waals surface area contributed by atoms with Crippen molar-refractivity contribution < 1.29 is 4.79 Å². The Morgan fingerprint density at radius 2 is 1.94 bits per heavy atom. The first-order valence-corrected chi connectivity index (χ1v) is 7.23. The molecule has 0 aromatic carbocycles. The summed E-state index contributed by atoms with van der Waals surface area (Å²) in [5, 5.41) is 5.42. The molecule has 0 radical (unpaired) electrons. The zero-order chi connectivity index (χ0) is 14.0. The molecule has 1 heterocycles. The van der Waals surface area contributed by atoms with Crippen LogP contribution in [0, 0.1) is 5.41 Å². The highest BCUT2D eigenvalue weighted by molar-refractivity contribution is 7.07. The molecule has 102 valence electrons. The zero-order valence-electron chi connectivity index (χ0n) is 12.2. The summed E-state index contributed by atoms with van der Waals surface area (Å²) < 4.78 is 0. The standard InChI is InChI=1S/C14H24N2OS/c1-13(2,3)12(17)11(16-14(4,5)6)7-10-8-18-9-15-10/h8-9,11,16H,7H2,1-6H3/t11-/m0/s1. The highest BCUT2D eigenvalue weighted by Crippen LogP contribution is 2.20. The number of thiazole rings is 1. The van der Waals surface area contributed by atoms with Gasteiger partial charge in [-0.05, 0) is 20.8 Å². The molecule has 0 bridgehead atoms. The molecular formula is C14H24N2OS. The van der Waals surface area contributed by atoms with Gasteiger partial charge in [-0.1, -0.05) is 20.8 Å². The van der Waals surface area contributed by atoms with Crippen LogP contribution in [0.2, 0.25) is 0 Å². The number of hydrogen-bond acceptors (Lipinski definition) is 4. The van der Waals surface area contributed by atoms with Gasteiger partial charge in [0.2, 0.25) is 0 Å². The molecule has 0 fully saturated rings. The van der Waals surface area contributed by atoms with Gasteiger partial charge in [0.15, 0.2) is 5.78 Å². The highest BCUT2D eigenvalue weighted by Gasteiger charge is 2.32. The van der Waals surface area contributed by atoms with Crippen LogP contribution in [0.15, 0.2) is 10.9 Å². The van der Waals surface area contributed by atoms with Gasteiger partial charge in [-0.25, -0.2) is 4.98 Å². The fourth-order valence-corrected chi connectivity index (χ4v) is 2.37. The second-order valence-corrected chi connectivity index (χ2v) is 7.46. The van der Waals surface area contributed by atoms with E-state index in [1.54, 1.807) is 11.3 Å². The lowest BCUT2D eigenvalue weighted by molar-refractivity contribution is -0.128. The molecule has 1 aromatic rings. The van der Waals surface area contributed by atoms with Gasteiger partial charge in [0.25, 0.3) is 0 Å². The molecule has 0 aliphatic heterocycles. The second kappa shape index (κ2) is 5.49. The number of rotatable bonds is 4. The summed E-state index contributed by atoms with van der Waals surface area (Å²) in [5.74, 6) is 0.241. The van der Waals surface area contributed by atoms with Crippen molar-refractivity contribution in [3.63, 3.8) is 0 Å². The summed E-state index contributed by atoms with van der Waals surface area (Å²) in [6.45, 7) is 12.1. The number of carbonyl (C=O) groups excluding carboxylic acids is 1. The molecule has 18 heavy (non-hydrogen) atoms. The van der Waals surface area contributed by atoms with Crippen molar-refractivity contribution in [1.82, 2.24) is 10.3 Å². The average Bonchev–Trinajstić information content (AvgIpc) is 2.64. The van der Waals surface area contributed by atoms with Gasteiger partial charge in [-0.2, -0.15) is 0 Å². The Morgan fingerprint density at radius 3 is 2.33 bits per heavy atom. The van der Waals surface area contributed by atoms with Crippen LogP contribution in [0.1, 0.15) is 47.2 Å². The van der Waals surface area contributed by atoms with Crippen molar-refractivity contribution in [2.45, 2.75) is 59.5 Å². The zero-order valence-corrected chi connectivity index (χ0v) is 13.0. The Hall–Kier alpha value is -0.740. The minimum absolute atomic E-state index is 0.0817. The van der Waals surface area contributed by atoms with Crippen molar-refractivity contribution >= 4 is 17.1 Å². The Bertz CT molecular complexity index is 385. The van der Waals surface area contributed by atoms with Crippen LogP contribution >= 0.6 is 11.3 Å². The topological polar surface area (TPSA) is 42.0 Å². The molecule has 0 aliphatic carbocycles. The SMILES string of the molecule is CC(C)(C)N[C@@H](Cc1cscn1)C(=O)C(C)(C)C. The number of carbonyl (C=O) groups is 1. The molecule has 0 saturated carbocycles. The molecule has 0 aliphatic rings. The van der Waals surface area contributed by atoms with E-state index in [0.29, 0.717) is 6.42 Å². The van der Waals surface area contributed by atoms with Gasteiger partial charge in [0, 0.05) is 22.8 Å². The lowest BCUT2D eigenvalue weighted by atomic mass is 9.84. The first-order chi connectivity index (χ1) is 8.09. The van der Waals surface area contributed by atoms with Crippen molar-refractivity contribution in [2.24, 2.45) is 5.41 Å². The lowest BCUT2D eigenvalue weighted by Gasteiger charge is -2.31. The maximum absolute atomic E-state index is 12.5. The van der Waals surface area contributed by atoms with Crippen molar-refractivity contribution in [3.05, 3.63) is 16.6 Å². The largest absolute Gasteiger partial charge is 0.302 e. The van der Waals surface area contributed by atoms with E-state index in [0.717, 1.165) is 5.69 Å². The monoisotopic (exact) mass is 268 g/mol. The summed E-state index contributed by atoms with van der Waals surface area (Å²) in [4.78, 5) is 16.8. The molecule has 0 unspecified atom stereocenters. The fourth-order valence-electron chi connectivity index (χ4n) is 1.80. The minimum atomic E-state index is -0.334. The predicted molar refractivity (Wildman–Crippen MR) is 77.0 cm³/mol. The van der Waals surface area contributed by atoms with Crippen LogP contribution in [-0.4, -0.2) is 22.3 Å². The van der Waals surface area contributed by atoms with E-state index in [4.69, 9.17) is 0 Å². The van der Waals surface area contributed by atoms with Gasteiger partial charge in [0.05, 0.1) is 17.2 Å². The number of Topliss-reactive ketones (excluding diaryl/α,β-unsaturated/α-hetero) is 1. The Balaban J connectivity index is 2.85. The third kappa shape index (κ3) is 4.86. The van der Waals surface area contributed by atoms with Crippen LogP contribution in [-0.2, 0) is 11.2 Å². The van der Waals surface area contributed by atoms with Crippen LogP contribution in [0.3, 0.4) is 0 Å². The molecular weight excluding hydrogens is 244 g/mol. The van der Waals surface area contributed by atoms with E-state index in [1.165, 1.54) is 0 Å². The van der Waals surface area contributed by atoms with Gasteiger partial charge < -0.3 is 5.32 Å². The van der Waals surface area contributed by atoms with Crippen LogP contribution in [0.4, 0.5) is 0 Å². The van der Waals surface area contributed by atoms with Crippen molar-refractivity contribution in [2.75, 3.05) is 0 Å². The van der Waals surface area contributed by atoms with E-state index < -0.39 is 0 Å². The van der Waals surface area contributed by atoms with E-state index in [1.807, 2.05) is 31.7 Å². The van der Waals surface area contributed by atoms with Gasteiger partial charge in [-0.15, -0.1) is 11.3 Å². The van der Waals surface area contributed by atoms with Gasteiger partial charge in [-0.3, -0.25) is 4.79 Å². The Morgan fingerprint density at radius 1 is 1.33 bits per heavy atom. The Kier molecular flexibility index (Phi) is 4.67. The molecule has 1 rings (SSSR count). The summed E-state index contributed by atoms with van der Waals surface area (Å²) in [6, 6.07) is -0.174. The number of aromatic nitrogens is 1. The van der Waals surface area contributed by atoms with Gasteiger partial charge >= 0.3 is 0 Å². The summed E-state index contributed by atoms with van der Waals surface area (Å²) in [6.07, 6.45) is 0.664. The van der Waals surface area contributed by atoms with Crippen LogP contribution < -0.4 is 5.32 Å². The van der Waals surface area contributed by atoms with Crippen LogP contribution in [0.5, 0.6) is 0 Å². The van der Waals surface area contributed by atoms with E-state index in [2.05, 4.69) is 31.1 Å². The molecule has 3 nitrogen and oxygen atoms in total. The number of nitrogens with zero attached hydrogens (tertiary/aromatic N) is 1. The van der Waals surface area contributed by atoms with Gasteiger partial charge in [0.1, 0.15) is 0 Å². The molecule has 1 N–H and O–H groups in total. The maximum atomic E-state index is 12.5.